The van der Waals surface area contributed by atoms with Crippen LogP contribution in [0.4, 0.5) is 0 Å². The highest BCUT2D eigenvalue weighted by molar-refractivity contribution is 6.74. The molecule has 0 aliphatic carbocycles. The molecule has 26 heavy (non-hydrogen) atoms. The largest absolute Gasteiger partial charge is 0.417 e. The second-order valence-corrected chi connectivity index (χ2v) is 12.7. The molecule has 2 amide bonds. The molecule has 0 aliphatic rings. The third-order valence-electron chi connectivity index (χ3n) is 4.91. The van der Waals surface area contributed by atoms with Crippen LogP contribution < -0.4 is 11.1 Å². The van der Waals surface area contributed by atoms with E-state index in [1.807, 2.05) is 18.2 Å². The van der Waals surface area contributed by atoms with E-state index < -0.39 is 32.3 Å². The topological polar surface area (TPSA) is 90.7 Å². The fourth-order valence-electron chi connectivity index (χ4n) is 2.20. The first-order valence-corrected chi connectivity index (χ1v) is 11.7. The van der Waals surface area contributed by atoms with Crippen molar-refractivity contribution < 1.29 is 18.8 Å². The summed E-state index contributed by atoms with van der Waals surface area (Å²) in [7, 11) is -0.462. The lowest BCUT2D eigenvalue weighted by Crippen LogP contribution is -2.48. The second-order valence-electron chi connectivity index (χ2n) is 7.89. The lowest BCUT2D eigenvalue weighted by atomic mass is 10.1. The standard InChI is InChI=1S/C19H32N2O4Si/c1-19(2,3)26(5,6)25-13-12-15(17(20)22)21-18(23)16(24-4)14-10-8-7-9-11-14/h7-11,15-16H,12-13H2,1-6H3,(H2,20,22)(H,21,23)/t15-,16-/m1/s1. The summed E-state index contributed by atoms with van der Waals surface area (Å²) in [4.78, 5) is 24.3. The number of amides is 2. The van der Waals surface area contributed by atoms with Gasteiger partial charge in [-0.25, -0.2) is 0 Å². The maximum atomic E-state index is 12.5. The number of benzene rings is 1. The van der Waals surface area contributed by atoms with Gasteiger partial charge in [0.2, 0.25) is 5.91 Å². The minimum Gasteiger partial charge on any atom is -0.417 e. The van der Waals surface area contributed by atoms with Crippen molar-refractivity contribution in [2.75, 3.05) is 13.7 Å². The van der Waals surface area contributed by atoms with Crippen LogP contribution in [0.25, 0.3) is 0 Å². The van der Waals surface area contributed by atoms with Gasteiger partial charge in [-0.2, -0.15) is 0 Å². The van der Waals surface area contributed by atoms with E-state index in [4.69, 9.17) is 14.9 Å². The zero-order valence-electron chi connectivity index (χ0n) is 16.7. The van der Waals surface area contributed by atoms with E-state index in [9.17, 15) is 9.59 Å². The summed E-state index contributed by atoms with van der Waals surface area (Å²) in [5.74, 6) is -0.977. The van der Waals surface area contributed by atoms with Gasteiger partial charge in [-0.1, -0.05) is 51.1 Å². The summed E-state index contributed by atoms with van der Waals surface area (Å²) in [6.07, 6.45) is -0.460. The van der Waals surface area contributed by atoms with Gasteiger partial charge in [-0.15, -0.1) is 0 Å². The SMILES string of the molecule is CO[C@@H](C(=O)N[C@H](CCO[Si](C)(C)C(C)(C)C)C(N)=O)c1ccccc1. The van der Waals surface area contributed by atoms with E-state index in [0.29, 0.717) is 18.6 Å². The predicted molar refractivity (Wildman–Crippen MR) is 105 cm³/mol. The smallest absolute Gasteiger partial charge is 0.254 e. The van der Waals surface area contributed by atoms with Gasteiger partial charge in [0.1, 0.15) is 6.04 Å². The van der Waals surface area contributed by atoms with Crippen LogP contribution in [0.2, 0.25) is 18.1 Å². The first kappa shape index (κ1) is 22.3. The van der Waals surface area contributed by atoms with Crippen molar-refractivity contribution in [3.05, 3.63) is 35.9 Å². The van der Waals surface area contributed by atoms with Crippen molar-refractivity contribution in [1.82, 2.24) is 5.32 Å². The summed E-state index contributed by atoms with van der Waals surface area (Å²) in [6, 6.07) is 8.31. The monoisotopic (exact) mass is 380 g/mol. The number of hydrogen-bond donors (Lipinski definition) is 2. The van der Waals surface area contributed by atoms with Crippen LogP contribution in [0.15, 0.2) is 30.3 Å². The third kappa shape index (κ3) is 6.23. The number of nitrogens with one attached hydrogen (secondary N) is 1. The molecule has 0 saturated carbocycles. The number of nitrogens with two attached hydrogens (primary N) is 1. The summed E-state index contributed by atoms with van der Waals surface area (Å²) >= 11 is 0. The number of methoxy groups -OCH3 is 1. The summed E-state index contributed by atoms with van der Waals surface area (Å²) < 4.78 is 11.4. The number of hydrogen-bond acceptors (Lipinski definition) is 4. The van der Waals surface area contributed by atoms with Gasteiger partial charge >= 0.3 is 0 Å². The van der Waals surface area contributed by atoms with E-state index in [-0.39, 0.29) is 5.04 Å². The second kappa shape index (κ2) is 9.30. The first-order valence-electron chi connectivity index (χ1n) is 8.81. The van der Waals surface area contributed by atoms with Gasteiger partial charge in [0, 0.05) is 13.7 Å². The molecular weight excluding hydrogens is 348 g/mol. The Kier molecular flexibility index (Phi) is 7.99. The molecule has 0 fully saturated rings. The van der Waals surface area contributed by atoms with Crippen molar-refractivity contribution in [1.29, 1.82) is 0 Å². The van der Waals surface area contributed by atoms with Gasteiger partial charge in [0.05, 0.1) is 0 Å². The van der Waals surface area contributed by atoms with E-state index in [1.54, 1.807) is 12.1 Å². The van der Waals surface area contributed by atoms with Crippen LogP contribution in [0.5, 0.6) is 0 Å². The van der Waals surface area contributed by atoms with E-state index in [0.717, 1.165) is 0 Å². The molecule has 146 valence electrons. The number of carbonyl (C=O) groups excluding carboxylic acids is 2. The maximum absolute atomic E-state index is 12.5. The van der Waals surface area contributed by atoms with Gasteiger partial charge < -0.3 is 20.2 Å². The van der Waals surface area contributed by atoms with Gasteiger partial charge in [-0.3, -0.25) is 9.59 Å². The molecule has 6 nitrogen and oxygen atoms in total. The molecule has 1 aromatic rings. The Balaban J connectivity index is 2.70. The van der Waals surface area contributed by atoms with E-state index >= 15 is 0 Å². The normalized spacial score (nSPS) is 14.5. The Morgan fingerprint density at radius 1 is 1.19 bits per heavy atom. The molecule has 7 heteroatoms. The van der Waals surface area contributed by atoms with E-state index in [1.165, 1.54) is 7.11 Å². The fourth-order valence-corrected chi connectivity index (χ4v) is 3.26. The highest BCUT2D eigenvalue weighted by Crippen LogP contribution is 2.36. The molecule has 3 N–H and O–H groups in total. The van der Waals surface area contributed by atoms with Gasteiger partial charge in [0.15, 0.2) is 14.4 Å². The minimum absolute atomic E-state index is 0.0763. The van der Waals surface area contributed by atoms with Crippen molar-refractivity contribution in [2.24, 2.45) is 5.73 Å². The molecule has 2 atom stereocenters. The molecule has 0 aliphatic heterocycles. The zero-order chi connectivity index (χ0) is 20.0. The van der Waals surface area contributed by atoms with E-state index in [2.05, 4.69) is 39.2 Å². The lowest BCUT2D eigenvalue weighted by Gasteiger charge is -2.36. The third-order valence-corrected chi connectivity index (χ3v) is 9.45. The highest BCUT2D eigenvalue weighted by atomic mass is 28.4. The Labute approximate surface area is 157 Å². The molecule has 1 rings (SSSR count). The summed E-state index contributed by atoms with van der Waals surface area (Å²) in [5, 5.41) is 2.76. The van der Waals surface area contributed by atoms with Crippen LogP contribution in [0.3, 0.4) is 0 Å². The van der Waals surface area contributed by atoms with Crippen LogP contribution in [0, 0.1) is 0 Å². The Bertz CT molecular complexity index is 599. The van der Waals surface area contributed by atoms with Crippen LogP contribution in [0.1, 0.15) is 38.9 Å². The molecule has 1 aromatic carbocycles. The van der Waals surface area contributed by atoms with Crippen molar-refractivity contribution in [2.45, 2.75) is 57.5 Å². The fraction of sp³-hybridized carbons (Fsp3) is 0.579. The zero-order valence-corrected chi connectivity index (χ0v) is 17.7. The highest BCUT2D eigenvalue weighted by Gasteiger charge is 2.37. The first-order chi connectivity index (χ1) is 12.0. The molecule has 0 unspecified atom stereocenters. The molecule has 0 saturated heterocycles. The number of carbonyl (C=O) groups is 2. The van der Waals surface area contributed by atoms with Crippen molar-refractivity contribution in [3.8, 4) is 0 Å². The average Bonchev–Trinajstić information content (AvgIpc) is 2.54. The van der Waals surface area contributed by atoms with Gasteiger partial charge in [0.25, 0.3) is 5.91 Å². The minimum atomic E-state index is -1.92. The number of ether oxygens (including phenoxy) is 1. The number of primary amides is 1. The van der Waals surface area contributed by atoms with Crippen molar-refractivity contribution >= 4 is 20.1 Å². The molecule has 0 radical (unpaired) electrons. The lowest BCUT2D eigenvalue weighted by molar-refractivity contribution is -0.135. The maximum Gasteiger partial charge on any atom is 0.254 e. The quantitative estimate of drug-likeness (QED) is 0.645. The summed E-state index contributed by atoms with van der Waals surface area (Å²) in [6.45, 7) is 11.1. The molecule has 0 bridgehead atoms. The molecule has 0 spiro atoms. The van der Waals surface area contributed by atoms with Crippen LogP contribution >= 0.6 is 0 Å². The van der Waals surface area contributed by atoms with Crippen molar-refractivity contribution in [3.63, 3.8) is 0 Å². The van der Waals surface area contributed by atoms with Crippen LogP contribution in [-0.4, -0.2) is 39.9 Å². The predicted octanol–water partition coefficient (Wildman–Crippen LogP) is 2.76. The Morgan fingerprint density at radius 3 is 2.23 bits per heavy atom. The number of rotatable bonds is 9. The van der Waals surface area contributed by atoms with Crippen LogP contribution in [-0.2, 0) is 18.8 Å². The average molecular weight is 381 g/mol. The molecule has 0 aromatic heterocycles. The Hall–Kier alpha value is -1.70. The summed E-state index contributed by atoms with van der Waals surface area (Å²) in [5.41, 5.74) is 6.18. The molecule has 0 heterocycles. The Morgan fingerprint density at radius 2 is 1.77 bits per heavy atom. The molecular formula is C19H32N2O4Si. The van der Waals surface area contributed by atoms with Gasteiger partial charge in [-0.05, 0) is 30.1 Å².